The molecule has 4 rings (SSSR count). The van der Waals surface area contributed by atoms with E-state index in [0.717, 1.165) is 45.1 Å². The minimum absolute atomic E-state index is 0.513. The number of benzene rings is 2. The summed E-state index contributed by atoms with van der Waals surface area (Å²) in [4.78, 5) is 7.45. The van der Waals surface area contributed by atoms with Gasteiger partial charge in [-0.25, -0.2) is 0 Å². The van der Waals surface area contributed by atoms with E-state index in [2.05, 4.69) is 77.1 Å². The lowest BCUT2D eigenvalue weighted by atomic mass is 9.78. The van der Waals surface area contributed by atoms with Gasteiger partial charge in [-0.15, -0.1) is 0 Å². The van der Waals surface area contributed by atoms with Gasteiger partial charge in [0.05, 0.1) is 0 Å². The highest BCUT2D eigenvalue weighted by Gasteiger charge is 2.25. The summed E-state index contributed by atoms with van der Waals surface area (Å²) in [6.45, 7) is 7.25. The Morgan fingerprint density at radius 2 is 1.79 bits per heavy atom. The fourth-order valence-corrected chi connectivity index (χ4v) is 4.32. The summed E-state index contributed by atoms with van der Waals surface area (Å²) in [7, 11) is 0. The predicted octanol–water partition coefficient (Wildman–Crippen LogP) is 3.55. The highest BCUT2D eigenvalue weighted by atomic mass is 15.2. The Bertz CT molecular complexity index is 778. The van der Waals surface area contributed by atoms with Crippen molar-refractivity contribution in [1.29, 1.82) is 0 Å². The van der Waals surface area contributed by atoms with E-state index in [0.29, 0.717) is 12.0 Å². The molecule has 28 heavy (non-hydrogen) atoms. The molecular formula is C24H32N4. The van der Waals surface area contributed by atoms with Crippen LogP contribution in [0.25, 0.3) is 0 Å². The number of rotatable bonds is 6. The topological polar surface area (TPSA) is 39.7 Å². The van der Waals surface area contributed by atoms with Crippen LogP contribution in [-0.4, -0.2) is 43.1 Å². The number of hydrogen-bond acceptors (Lipinski definition) is 2. The molecular weight excluding hydrogens is 344 g/mol. The minimum Gasteiger partial charge on any atom is -0.357 e. The van der Waals surface area contributed by atoms with Crippen molar-refractivity contribution in [2.45, 2.75) is 44.7 Å². The molecule has 2 aromatic rings. The summed E-state index contributed by atoms with van der Waals surface area (Å²) in [6.07, 6.45) is 3.50. The number of guanidine groups is 1. The molecule has 1 aliphatic carbocycles. The molecule has 1 atom stereocenters. The van der Waals surface area contributed by atoms with Crippen LogP contribution in [0.1, 0.15) is 42.4 Å². The van der Waals surface area contributed by atoms with E-state index in [1.54, 1.807) is 0 Å². The average molecular weight is 377 g/mol. The van der Waals surface area contributed by atoms with Crippen LogP contribution in [0.2, 0.25) is 0 Å². The van der Waals surface area contributed by atoms with Gasteiger partial charge in [0.1, 0.15) is 0 Å². The zero-order valence-corrected chi connectivity index (χ0v) is 16.9. The Balaban J connectivity index is 1.26. The number of piperidine rings is 1. The SMILES string of the molecule is CCNC(=NCC1Cc2ccccc21)NC1CCN(Cc2ccccc2)CC1. The number of aliphatic imine (C=N–C) groups is 1. The quantitative estimate of drug-likeness (QED) is 0.598. The summed E-state index contributed by atoms with van der Waals surface area (Å²) in [5.41, 5.74) is 4.38. The molecule has 4 heteroatoms. The van der Waals surface area contributed by atoms with Gasteiger partial charge in [0.25, 0.3) is 0 Å². The average Bonchev–Trinajstić information content (AvgIpc) is 2.71. The molecule has 1 aliphatic heterocycles. The first-order valence-electron chi connectivity index (χ1n) is 10.7. The van der Waals surface area contributed by atoms with E-state index in [4.69, 9.17) is 4.99 Å². The third-order valence-electron chi connectivity index (χ3n) is 5.95. The van der Waals surface area contributed by atoms with Crippen molar-refractivity contribution in [3.8, 4) is 0 Å². The second-order valence-corrected chi connectivity index (χ2v) is 8.00. The van der Waals surface area contributed by atoms with Gasteiger partial charge in [-0.1, -0.05) is 54.6 Å². The molecule has 0 spiro atoms. The van der Waals surface area contributed by atoms with Crippen LogP contribution in [0.4, 0.5) is 0 Å². The second kappa shape index (κ2) is 9.24. The molecule has 1 unspecified atom stereocenters. The third-order valence-corrected chi connectivity index (χ3v) is 5.95. The zero-order valence-electron chi connectivity index (χ0n) is 16.9. The zero-order chi connectivity index (χ0) is 19.2. The fraction of sp³-hybridized carbons (Fsp3) is 0.458. The van der Waals surface area contributed by atoms with Crippen molar-refractivity contribution in [3.63, 3.8) is 0 Å². The lowest BCUT2D eigenvalue weighted by molar-refractivity contribution is 0.198. The molecule has 1 fully saturated rings. The summed E-state index contributed by atoms with van der Waals surface area (Å²) in [5.74, 6) is 1.56. The Kier molecular flexibility index (Phi) is 6.27. The van der Waals surface area contributed by atoms with E-state index < -0.39 is 0 Å². The molecule has 2 N–H and O–H groups in total. The maximum absolute atomic E-state index is 4.90. The van der Waals surface area contributed by atoms with Crippen LogP contribution < -0.4 is 10.6 Å². The Hall–Kier alpha value is -2.33. The molecule has 1 heterocycles. The molecule has 0 saturated carbocycles. The minimum atomic E-state index is 0.513. The lowest BCUT2D eigenvalue weighted by Crippen LogP contribution is -2.48. The van der Waals surface area contributed by atoms with E-state index in [9.17, 15) is 0 Å². The van der Waals surface area contributed by atoms with Crippen LogP contribution in [0.5, 0.6) is 0 Å². The second-order valence-electron chi connectivity index (χ2n) is 8.00. The van der Waals surface area contributed by atoms with E-state index >= 15 is 0 Å². The van der Waals surface area contributed by atoms with Crippen molar-refractivity contribution >= 4 is 5.96 Å². The van der Waals surface area contributed by atoms with Gasteiger partial charge < -0.3 is 10.6 Å². The molecule has 0 amide bonds. The van der Waals surface area contributed by atoms with E-state index in [-0.39, 0.29) is 0 Å². The first kappa shape index (κ1) is 19.0. The number of hydrogen-bond donors (Lipinski definition) is 2. The molecule has 0 bridgehead atoms. The molecule has 4 nitrogen and oxygen atoms in total. The highest BCUT2D eigenvalue weighted by molar-refractivity contribution is 5.80. The molecule has 148 valence electrons. The lowest BCUT2D eigenvalue weighted by Gasteiger charge is -2.33. The van der Waals surface area contributed by atoms with Crippen LogP contribution in [0, 0.1) is 0 Å². The summed E-state index contributed by atoms with van der Waals surface area (Å²) >= 11 is 0. The first-order chi connectivity index (χ1) is 13.8. The molecule has 2 aromatic carbocycles. The highest BCUT2D eigenvalue weighted by Crippen LogP contribution is 2.34. The van der Waals surface area contributed by atoms with Crippen LogP contribution >= 0.6 is 0 Å². The third kappa shape index (κ3) is 4.74. The van der Waals surface area contributed by atoms with Crippen molar-refractivity contribution in [2.75, 3.05) is 26.2 Å². The van der Waals surface area contributed by atoms with Gasteiger partial charge in [-0.2, -0.15) is 0 Å². The van der Waals surface area contributed by atoms with E-state index in [1.165, 1.54) is 29.5 Å². The van der Waals surface area contributed by atoms with Crippen molar-refractivity contribution in [1.82, 2.24) is 15.5 Å². The summed E-state index contributed by atoms with van der Waals surface area (Å²) < 4.78 is 0. The molecule has 1 saturated heterocycles. The number of fused-ring (bicyclic) bond motifs is 1. The number of nitrogens with one attached hydrogen (secondary N) is 2. The predicted molar refractivity (Wildman–Crippen MR) is 117 cm³/mol. The molecule has 0 radical (unpaired) electrons. The number of nitrogens with zero attached hydrogens (tertiary/aromatic N) is 2. The van der Waals surface area contributed by atoms with Gasteiger partial charge >= 0.3 is 0 Å². The van der Waals surface area contributed by atoms with Gasteiger partial charge in [0.2, 0.25) is 0 Å². The van der Waals surface area contributed by atoms with Crippen molar-refractivity contribution in [2.24, 2.45) is 4.99 Å². The largest absolute Gasteiger partial charge is 0.357 e. The van der Waals surface area contributed by atoms with Gasteiger partial charge in [-0.05, 0) is 42.9 Å². The Morgan fingerprint density at radius 3 is 2.54 bits per heavy atom. The maximum atomic E-state index is 4.90. The normalized spacial score (nSPS) is 20.3. The van der Waals surface area contributed by atoms with Crippen LogP contribution in [0.15, 0.2) is 59.6 Å². The summed E-state index contributed by atoms with van der Waals surface area (Å²) in [6, 6.07) is 20.1. The van der Waals surface area contributed by atoms with Gasteiger partial charge in [0.15, 0.2) is 5.96 Å². The summed E-state index contributed by atoms with van der Waals surface area (Å²) in [5, 5.41) is 7.11. The smallest absolute Gasteiger partial charge is 0.191 e. The monoisotopic (exact) mass is 376 g/mol. The molecule has 0 aromatic heterocycles. The Labute approximate surface area is 169 Å². The fourth-order valence-electron chi connectivity index (χ4n) is 4.32. The van der Waals surface area contributed by atoms with Crippen LogP contribution in [0.3, 0.4) is 0 Å². The van der Waals surface area contributed by atoms with E-state index in [1.807, 2.05) is 0 Å². The maximum Gasteiger partial charge on any atom is 0.191 e. The first-order valence-corrected chi connectivity index (χ1v) is 10.7. The van der Waals surface area contributed by atoms with Crippen molar-refractivity contribution in [3.05, 3.63) is 71.3 Å². The van der Waals surface area contributed by atoms with Gasteiger partial charge in [0, 0.05) is 44.7 Å². The Morgan fingerprint density at radius 1 is 1.04 bits per heavy atom. The van der Waals surface area contributed by atoms with Crippen molar-refractivity contribution < 1.29 is 0 Å². The van der Waals surface area contributed by atoms with Crippen LogP contribution in [-0.2, 0) is 13.0 Å². The number of likely N-dealkylation sites (tertiary alicyclic amines) is 1. The standard InChI is InChI=1S/C24H32N4/c1-2-25-24(26-17-21-16-20-10-6-7-11-23(20)21)27-22-12-14-28(15-13-22)18-19-8-4-3-5-9-19/h3-11,21-22H,2,12-18H2,1H3,(H2,25,26,27). The van der Waals surface area contributed by atoms with Gasteiger partial charge in [-0.3, -0.25) is 9.89 Å². The molecule has 2 aliphatic rings.